The molecule has 2 rings (SSSR count). The minimum Gasteiger partial charge on any atom is -0.327 e. The lowest BCUT2D eigenvalue weighted by Crippen LogP contribution is -2.12. The fraction of sp³-hybridized carbons (Fsp3) is 0.364. The fourth-order valence-electron chi connectivity index (χ4n) is 1.74. The summed E-state index contributed by atoms with van der Waals surface area (Å²) in [5.41, 5.74) is 1.90. The molecule has 86 valence electrons. The fourth-order valence-corrected chi connectivity index (χ4v) is 2.25. The van der Waals surface area contributed by atoms with Crippen LogP contribution < -0.4 is 0 Å². The summed E-state index contributed by atoms with van der Waals surface area (Å²) in [6.45, 7) is 2.35. The van der Waals surface area contributed by atoms with Crippen molar-refractivity contribution < 1.29 is 8.42 Å². The monoisotopic (exact) mass is 238 g/mol. The predicted molar refractivity (Wildman–Crippen MR) is 64.2 cm³/mol. The van der Waals surface area contributed by atoms with Crippen molar-refractivity contribution in [1.82, 2.24) is 9.55 Å². The summed E-state index contributed by atoms with van der Waals surface area (Å²) in [5.74, 6) is 0.999. The van der Waals surface area contributed by atoms with Gasteiger partial charge in [-0.3, -0.25) is 0 Å². The van der Waals surface area contributed by atoms with Gasteiger partial charge in [0.25, 0.3) is 0 Å². The van der Waals surface area contributed by atoms with Gasteiger partial charge in [0.15, 0.2) is 0 Å². The first-order valence-corrected chi connectivity index (χ1v) is 7.13. The van der Waals surface area contributed by atoms with E-state index in [0.717, 1.165) is 16.9 Å². The third kappa shape index (κ3) is 2.24. The molecule has 0 amide bonds. The molecular formula is C11H14N2O2S. The summed E-state index contributed by atoms with van der Waals surface area (Å²) < 4.78 is 24.2. The van der Waals surface area contributed by atoms with Crippen LogP contribution in [0, 0.1) is 6.92 Å². The molecule has 0 N–H and O–H groups in total. The minimum absolute atomic E-state index is 0.147. The van der Waals surface area contributed by atoms with Crippen molar-refractivity contribution in [2.75, 3.05) is 12.0 Å². The minimum atomic E-state index is -2.93. The number of imidazole rings is 1. The number of aromatic nitrogens is 2. The van der Waals surface area contributed by atoms with Gasteiger partial charge in [0.2, 0.25) is 0 Å². The van der Waals surface area contributed by atoms with Gasteiger partial charge in [0.1, 0.15) is 15.7 Å². The number of hydrogen-bond acceptors (Lipinski definition) is 3. The Labute approximate surface area is 94.8 Å². The third-order valence-corrected chi connectivity index (χ3v) is 3.46. The van der Waals surface area contributed by atoms with E-state index in [0.29, 0.717) is 6.54 Å². The average molecular weight is 238 g/mol. The van der Waals surface area contributed by atoms with Gasteiger partial charge in [-0.15, -0.1) is 0 Å². The molecule has 1 aromatic carbocycles. The van der Waals surface area contributed by atoms with Crippen molar-refractivity contribution in [2.24, 2.45) is 0 Å². The topological polar surface area (TPSA) is 52.0 Å². The molecule has 0 atom stereocenters. The van der Waals surface area contributed by atoms with Crippen LogP contribution >= 0.6 is 0 Å². The average Bonchev–Trinajstić information content (AvgIpc) is 2.49. The Hall–Kier alpha value is -1.36. The Kier molecular flexibility index (Phi) is 2.71. The summed E-state index contributed by atoms with van der Waals surface area (Å²) in [7, 11) is -2.93. The van der Waals surface area contributed by atoms with Gasteiger partial charge in [-0.1, -0.05) is 12.1 Å². The highest BCUT2D eigenvalue weighted by Crippen LogP contribution is 2.15. The van der Waals surface area contributed by atoms with Crippen LogP contribution in [-0.2, 0) is 16.4 Å². The highest BCUT2D eigenvalue weighted by Gasteiger charge is 2.09. The van der Waals surface area contributed by atoms with Gasteiger partial charge in [-0.05, 0) is 19.1 Å². The van der Waals surface area contributed by atoms with Crippen molar-refractivity contribution in [2.45, 2.75) is 13.5 Å². The zero-order valence-corrected chi connectivity index (χ0v) is 10.2. The largest absolute Gasteiger partial charge is 0.327 e. The molecule has 5 heteroatoms. The quantitative estimate of drug-likeness (QED) is 0.812. The molecule has 0 spiro atoms. The van der Waals surface area contributed by atoms with Gasteiger partial charge in [0, 0.05) is 12.8 Å². The standard InChI is InChI=1S/C11H14N2O2S/c1-9-12-10-5-3-4-6-11(10)13(9)7-8-16(2,14)15/h3-6H,7-8H2,1-2H3. The van der Waals surface area contributed by atoms with E-state index in [9.17, 15) is 8.42 Å². The first-order chi connectivity index (χ1) is 7.47. The molecule has 0 fully saturated rings. The highest BCUT2D eigenvalue weighted by molar-refractivity contribution is 7.90. The molecular weight excluding hydrogens is 224 g/mol. The molecule has 4 nitrogen and oxygen atoms in total. The molecule has 0 aliphatic heterocycles. The maximum Gasteiger partial charge on any atom is 0.149 e. The normalized spacial score (nSPS) is 12.1. The van der Waals surface area contributed by atoms with Crippen LogP contribution in [0.25, 0.3) is 11.0 Å². The highest BCUT2D eigenvalue weighted by atomic mass is 32.2. The molecule has 2 aromatic rings. The smallest absolute Gasteiger partial charge is 0.149 e. The third-order valence-electron chi connectivity index (χ3n) is 2.53. The molecule has 0 saturated heterocycles. The zero-order valence-electron chi connectivity index (χ0n) is 9.34. The van der Waals surface area contributed by atoms with E-state index in [2.05, 4.69) is 4.98 Å². The Morgan fingerprint density at radius 3 is 2.69 bits per heavy atom. The molecule has 1 aromatic heterocycles. The number of aryl methyl sites for hydroxylation is 2. The second-order valence-corrected chi connectivity index (χ2v) is 6.19. The first kappa shape index (κ1) is 11.1. The SMILES string of the molecule is Cc1nc2ccccc2n1CCS(C)(=O)=O. The van der Waals surface area contributed by atoms with Gasteiger partial charge < -0.3 is 4.57 Å². The lowest BCUT2D eigenvalue weighted by atomic mass is 10.3. The lowest BCUT2D eigenvalue weighted by molar-refractivity contribution is 0.594. The van der Waals surface area contributed by atoms with Crippen LogP contribution in [0.4, 0.5) is 0 Å². The van der Waals surface area contributed by atoms with Crippen molar-refractivity contribution >= 4 is 20.9 Å². The molecule has 0 aliphatic carbocycles. The van der Waals surface area contributed by atoms with E-state index in [4.69, 9.17) is 0 Å². The second-order valence-electron chi connectivity index (χ2n) is 3.93. The van der Waals surface area contributed by atoms with E-state index < -0.39 is 9.84 Å². The molecule has 0 saturated carbocycles. The Balaban J connectivity index is 2.40. The number of hydrogen-bond donors (Lipinski definition) is 0. The summed E-state index contributed by atoms with van der Waals surface area (Å²) in [6.07, 6.45) is 1.25. The van der Waals surface area contributed by atoms with Crippen molar-refractivity contribution in [3.63, 3.8) is 0 Å². The van der Waals surface area contributed by atoms with E-state index in [-0.39, 0.29) is 5.75 Å². The maximum absolute atomic E-state index is 11.1. The predicted octanol–water partition coefficient (Wildman–Crippen LogP) is 1.39. The van der Waals surface area contributed by atoms with E-state index in [1.807, 2.05) is 35.8 Å². The van der Waals surface area contributed by atoms with Crippen molar-refractivity contribution in [3.8, 4) is 0 Å². The summed E-state index contributed by atoms with van der Waals surface area (Å²) in [5, 5.41) is 0. The first-order valence-electron chi connectivity index (χ1n) is 5.07. The van der Waals surface area contributed by atoms with Crippen LogP contribution in [0.2, 0.25) is 0 Å². The van der Waals surface area contributed by atoms with E-state index in [1.54, 1.807) is 0 Å². The van der Waals surface area contributed by atoms with Gasteiger partial charge in [-0.25, -0.2) is 13.4 Å². The van der Waals surface area contributed by atoms with Crippen LogP contribution in [0.5, 0.6) is 0 Å². The van der Waals surface area contributed by atoms with Crippen molar-refractivity contribution in [3.05, 3.63) is 30.1 Å². The van der Waals surface area contributed by atoms with Crippen LogP contribution in [0.1, 0.15) is 5.82 Å². The lowest BCUT2D eigenvalue weighted by Gasteiger charge is -2.05. The zero-order chi connectivity index (χ0) is 11.8. The van der Waals surface area contributed by atoms with Gasteiger partial charge >= 0.3 is 0 Å². The Morgan fingerprint density at radius 2 is 2.00 bits per heavy atom. The summed E-state index contributed by atoms with van der Waals surface area (Å²) in [4.78, 5) is 4.38. The number of benzene rings is 1. The molecule has 16 heavy (non-hydrogen) atoms. The number of rotatable bonds is 3. The second kappa shape index (κ2) is 3.90. The summed E-state index contributed by atoms with van der Waals surface area (Å²) >= 11 is 0. The van der Waals surface area contributed by atoms with E-state index in [1.165, 1.54) is 6.26 Å². The Bertz CT molecular complexity index is 614. The van der Waals surface area contributed by atoms with Crippen LogP contribution in [-0.4, -0.2) is 30.0 Å². The van der Waals surface area contributed by atoms with Gasteiger partial charge in [0.05, 0.1) is 16.8 Å². The Morgan fingerprint density at radius 1 is 1.31 bits per heavy atom. The van der Waals surface area contributed by atoms with Crippen molar-refractivity contribution in [1.29, 1.82) is 0 Å². The summed E-state index contributed by atoms with van der Waals surface area (Å²) in [6, 6.07) is 7.74. The molecule has 0 bridgehead atoms. The molecule has 0 radical (unpaired) electrons. The van der Waals surface area contributed by atoms with Crippen LogP contribution in [0.15, 0.2) is 24.3 Å². The van der Waals surface area contributed by atoms with Gasteiger partial charge in [-0.2, -0.15) is 0 Å². The van der Waals surface area contributed by atoms with E-state index >= 15 is 0 Å². The maximum atomic E-state index is 11.1. The number of para-hydroxylation sites is 2. The molecule has 0 aliphatic rings. The molecule has 1 heterocycles. The van der Waals surface area contributed by atoms with Crippen LogP contribution in [0.3, 0.4) is 0 Å². The number of fused-ring (bicyclic) bond motifs is 1. The number of sulfone groups is 1. The number of nitrogens with zero attached hydrogens (tertiary/aromatic N) is 2. The molecule has 0 unspecified atom stereocenters.